The van der Waals surface area contributed by atoms with E-state index < -0.39 is 23.5 Å². The Balaban J connectivity index is 0. The largest absolute Gasteiger partial charge is 0.462 e. The van der Waals surface area contributed by atoms with E-state index in [1.165, 1.54) is 6.92 Å². The van der Waals surface area contributed by atoms with E-state index in [4.69, 9.17) is 0 Å². The number of alkyl halides is 3. The predicted octanol–water partition coefficient (Wildman–Crippen LogP) is 1.07. The monoisotopic (exact) mass is 241 g/mol. The van der Waals surface area contributed by atoms with Crippen LogP contribution in [0.25, 0.3) is 0 Å². The molecule has 0 bridgehead atoms. The van der Waals surface area contributed by atoms with Crippen LogP contribution in [0.4, 0.5) is 13.2 Å². The van der Waals surface area contributed by atoms with E-state index in [9.17, 15) is 22.8 Å². The van der Waals surface area contributed by atoms with E-state index in [0.717, 1.165) is 0 Å². The number of carbonyl (C=O) groups is 2. The lowest BCUT2D eigenvalue weighted by Crippen LogP contribution is -2.28. The Bertz CT molecular complexity index is 261. The fourth-order valence-electron chi connectivity index (χ4n) is 0.482. The fourth-order valence-corrected chi connectivity index (χ4v) is 0.482. The first-order chi connectivity index (χ1) is 7.22. The van der Waals surface area contributed by atoms with Crippen LogP contribution in [0.3, 0.4) is 0 Å². The number of hydrogen-bond acceptors (Lipinski definition) is 4. The second-order valence-electron chi connectivity index (χ2n) is 2.53. The predicted molar refractivity (Wildman–Crippen MR) is 51.8 cm³/mol. The minimum Gasteiger partial charge on any atom is -0.462 e. The lowest BCUT2D eigenvalue weighted by Gasteiger charge is -2.06. The maximum atomic E-state index is 11.7. The molecule has 0 heterocycles. The minimum absolute atomic E-state index is 0.108. The summed E-state index contributed by atoms with van der Waals surface area (Å²) in [6.45, 7) is 3.99. The molecule has 0 saturated carbocycles. The average Bonchev–Trinajstić information content (AvgIpc) is 2.15. The van der Waals surface area contributed by atoms with Crippen LogP contribution in [0.5, 0.6) is 0 Å². The van der Waals surface area contributed by atoms with Crippen LogP contribution in [-0.2, 0) is 14.3 Å². The molecule has 16 heavy (non-hydrogen) atoms. The quantitative estimate of drug-likeness (QED) is 0.347. The van der Waals surface area contributed by atoms with Crippen molar-refractivity contribution >= 4 is 11.8 Å². The molecule has 0 aromatic rings. The molecule has 7 heteroatoms. The van der Waals surface area contributed by atoms with Crippen LogP contribution in [0.1, 0.15) is 6.92 Å². The van der Waals surface area contributed by atoms with Crippen molar-refractivity contribution in [1.29, 1.82) is 0 Å². The molecule has 0 amide bonds. The molecular weight excluding hydrogens is 227 g/mol. The summed E-state index contributed by atoms with van der Waals surface area (Å²) in [5.74, 6) is -3.62. The Morgan fingerprint density at radius 1 is 1.31 bits per heavy atom. The van der Waals surface area contributed by atoms with Crippen molar-refractivity contribution in [3.8, 4) is 0 Å². The summed E-state index contributed by atoms with van der Waals surface area (Å²) in [4.78, 5) is 20.9. The summed E-state index contributed by atoms with van der Waals surface area (Å²) in [6.07, 6.45) is -5.08. The molecule has 0 rings (SSSR count). The van der Waals surface area contributed by atoms with E-state index in [1.807, 2.05) is 14.1 Å². The zero-order chi connectivity index (χ0) is 13.4. The van der Waals surface area contributed by atoms with Gasteiger partial charge in [0.05, 0.1) is 6.61 Å². The molecule has 4 nitrogen and oxygen atoms in total. The van der Waals surface area contributed by atoms with Crippen LogP contribution in [0.15, 0.2) is 12.2 Å². The molecule has 0 atom stereocenters. The Labute approximate surface area is 91.5 Å². The van der Waals surface area contributed by atoms with Crippen molar-refractivity contribution in [2.75, 3.05) is 20.7 Å². The highest BCUT2D eigenvalue weighted by atomic mass is 19.4. The van der Waals surface area contributed by atoms with Gasteiger partial charge in [0.2, 0.25) is 0 Å². The summed E-state index contributed by atoms with van der Waals surface area (Å²) >= 11 is 0. The van der Waals surface area contributed by atoms with Crippen LogP contribution < -0.4 is 5.32 Å². The smallest absolute Gasteiger partial charge is 0.455 e. The Hall–Kier alpha value is -1.37. The van der Waals surface area contributed by atoms with Gasteiger partial charge in [0.15, 0.2) is 0 Å². The molecule has 1 N–H and O–H groups in total. The zero-order valence-electron chi connectivity index (χ0n) is 9.27. The Morgan fingerprint density at radius 3 is 1.94 bits per heavy atom. The minimum atomic E-state index is -5.08. The van der Waals surface area contributed by atoms with Crippen molar-refractivity contribution in [3.05, 3.63) is 12.2 Å². The molecule has 94 valence electrons. The highest BCUT2D eigenvalue weighted by molar-refractivity contribution is 6.18. The molecule has 0 spiro atoms. The van der Waals surface area contributed by atoms with Crippen LogP contribution in [-0.4, -0.2) is 38.6 Å². The maximum Gasteiger partial charge on any atom is 0.455 e. The Morgan fingerprint density at radius 2 is 1.69 bits per heavy atom. The number of Topliss-reactive ketones (excluding diaryl/α,β-unsaturated/α-hetero) is 1. The first-order valence-electron chi connectivity index (χ1n) is 4.28. The molecule has 0 aliphatic heterocycles. The lowest BCUT2D eigenvalue weighted by molar-refractivity contribution is -0.168. The maximum absolute atomic E-state index is 11.7. The molecule has 0 fully saturated rings. The highest BCUT2D eigenvalue weighted by Crippen LogP contribution is 2.20. The van der Waals surface area contributed by atoms with Gasteiger partial charge in [-0.05, 0) is 21.0 Å². The number of carbonyl (C=O) groups excluding carboxylic acids is 2. The first-order valence-corrected chi connectivity index (χ1v) is 4.28. The third-order valence-corrected chi connectivity index (χ3v) is 1.05. The van der Waals surface area contributed by atoms with E-state index in [1.54, 1.807) is 0 Å². The van der Waals surface area contributed by atoms with Gasteiger partial charge in [0.25, 0.3) is 5.78 Å². The summed E-state index contributed by atoms with van der Waals surface area (Å²) in [7, 11) is 3.75. The molecule has 0 aromatic carbocycles. The van der Waals surface area contributed by atoms with Crippen molar-refractivity contribution in [2.45, 2.75) is 13.1 Å². The molecular formula is C9H14F3NO3. The average molecular weight is 241 g/mol. The molecule has 0 radical (unpaired) electrons. The number of hydrogen-bond donors (Lipinski definition) is 1. The standard InChI is InChI=1S/C7H7F3O3.C2H7N/c1-3-13-6(12)4(2)5(11)7(8,9)10;1-3-2/h2-3H2,1H3;3H,1-2H3. The van der Waals surface area contributed by atoms with Crippen LogP contribution in [0.2, 0.25) is 0 Å². The SMILES string of the molecule is C=C(C(=O)OCC)C(=O)C(F)(F)F.CNC. The van der Waals surface area contributed by atoms with Crippen LogP contribution >= 0.6 is 0 Å². The van der Waals surface area contributed by atoms with Crippen molar-refractivity contribution in [1.82, 2.24) is 5.32 Å². The van der Waals surface area contributed by atoms with Gasteiger partial charge in [-0.1, -0.05) is 6.58 Å². The second kappa shape index (κ2) is 7.86. The first kappa shape index (κ1) is 17.0. The van der Waals surface area contributed by atoms with Gasteiger partial charge in [-0.25, -0.2) is 4.79 Å². The third-order valence-electron chi connectivity index (χ3n) is 1.05. The number of halogens is 3. The van der Waals surface area contributed by atoms with Gasteiger partial charge in [-0.15, -0.1) is 0 Å². The van der Waals surface area contributed by atoms with Crippen molar-refractivity contribution < 1.29 is 27.5 Å². The third kappa shape index (κ3) is 6.99. The molecule has 0 unspecified atom stereocenters. The summed E-state index contributed by atoms with van der Waals surface area (Å²) in [6, 6.07) is 0. The van der Waals surface area contributed by atoms with E-state index in [-0.39, 0.29) is 6.61 Å². The highest BCUT2D eigenvalue weighted by Gasteiger charge is 2.42. The van der Waals surface area contributed by atoms with Gasteiger partial charge in [0.1, 0.15) is 5.57 Å². The van der Waals surface area contributed by atoms with Gasteiger partial charge in [-0.2, -0.15) is 13.2 Å². The van der Waals surface area contributed by atoms with E-state index in [0.29, 0.717) is 0 Å². The normalized spacial score (nSPS) is 9.88. The zero-order valence-corrected chi connectivity index (χ0v) is 9.27. The summed E-state index contributed by atoms with van der Waals surface area (Å²) in [5, 5.41) is 2.75. The lowest BCUT2D eigenvalue weighted by atomic mass is 10.2. The molecule has 0 aromatic heterocycles. The Kier molecular flexibility index (Phi) is 8.37. The number of ketones is 1. The van der Waals surface area contributed by atoms with Crippen molar-refractivity contribution in [3.63, 3.8) is 0 Å². The van der Waals surface area contributed by atoms with Crippen LogP contribution in [0, 0.1) is 0 Å². The van der Waals surface area contributed by atoms with E-state index >= 15 is 0 Å². The van der Waals surface area contributed by atoms with E-state index in [2.05, 4.69) is 16.6 Å². The molecule has 0 saturated heterocycles. The molecule has 0 aliphatic carbocycles. The fraction of sp³-hybridized carbons (Fsp3) is 0.556. The van der Waals surface area contributed by atoms with Gasteiger partial charge >= 0.3 is 12.1 Å². The van der Waals surface area contributed by atoms with Crippen molar-refractivity contribution in [2.24, 2.45) is 0 Å². The number of esters is 1. The summed E-state index contributed by atoms with van der Waals surface area (Å²) in [5.41, 5.74) is -1.20. The summed E-state index contributed by atoms with van der Waals surface area (Å²) < 4.78 is 39.2. The van der Waals surface area contributed by atoms with Gasteiger partial charge in [-0.3, -0.25) is 4.79 Å². The number of ether oxygens (including phenoxy) is 1. The topological polar surface area (TPSA) is 55.4 Å². The van der Waals surface area contributed by atoms with Gasteiger partial charge in [0, 0.05) is 0 Å². The second-order valence-corrected chi connectivity index (χ2v) is 2.53. The van der Waals surface area contributed by atoms with Gasteiger partial charge < -0.3 is 10.1 Å². The molecule has 0 aliphatic rings. The number of nitrogens with one attached hydrogen (secondary N) is 1. The number of rotatable bonds is 3.